The van der Waals surface area contributed by atoms with Crippen LogP contribution in [0.5, 0.6) is 11.5 Å². The molecule has 0 atom stereocenters. The first-order valence-electron chi connectivity index (χ1n) is 6.92. The number of benzene rings is 2. The van der Waals surface area contributed by atoms with Gasteiger partial charge in [-0.2, -0.15) is 26.3 Å². The summed E-state index contributed by atoms with van der Waals surface area (Å²) in [6.07, 6.45) is -10.9. The van der Waals surface area contributed by atoms with E-state index in [-0.39, 0.29) is 11.4 Å². The van der Waals surface area contributed by atoms with Crippen molar-refractivity contribution >= 4 is 11.4 Å². The summed E-state index contributed by atoms with van der Waals surface area (Å²) in [5.74, 6) is -5.67. The van der Waals surface area contributed by atoms with Crippen LogP contribution in [-0.4, -0.2) is 12.4 Å². The number of nitrogen functional groups attached to an aromatic ring is 2. The number of halogens is 6. The number of alkyl halides is 6. The van der Waals surface area contributed by atoms with Gasteiger partial charge in [0.25, 0.3) is 11.5 Å². The zero-order valence-electron chi connectivity index (χ0n) is 12.9. The van der Waals surface area contributed by atoms with Gasteiger partial charge in [-0.1, -0.05) is 0 Å². The lowest BCUT2D eigenvalue weighted by atomic mass is 10.3. The van der Waals surface area contributed by atoms with Crippen molar-refractivity contribution in [1.29, 1.82) is 0 Å². The number of rotatable bonds is 4. The Morgan fingerprint density at radius 3 is 1.08 bits per heavy atom. The molecule has 0 aliphatic rings. The standard InChI is InChI=1S/C16H12F6N2O2/c17-15(18,19)13(25-11-5-1-9(23)2-6-11)14(16(20,21)22)26-12-7-3-10(24)4-8-12/h1-8H,23-24H2. The van der Waals surface area contributed by atoms with Gasteiger partial charge in [-0.15, -0.1) is 0 Å². The SMILES string of the molecule is Nc1ccc(OC(=C(Oc2ccc(N)cc2)C(F)(F)F)C(F)(F)F)cc1. The Balaban J connectivity index is 2.51. The molecule has 2 rings (SSSR count). The molecule has 26 heavy (non-hydrogen) atoms. The summed E-state index contributed by atoms with van der Waals surface area (Å²) < 4.78 is 88.2. The lowest BCUT2D eigenvalue weighted by molar-refractivity contribution is -0.150. The summed E-state index contributed by atoms with van der Waals surface area (Å²) in [5.41, 5.74) is 11.2. The van der Waals surface area contributed by atoms with Crippen molar-refractivity contribution in [1.82, 2.24) is 0 Å². The molecule has 0 saturated carbocycles. The highest BCUT2D eigenvalue weighted by molar-refractivity contribution is 5.43. The molecule has 0 fully saturated rings. The lowest BCUT2D eigenvalue weighted by Crippen LogP contribution is -2.29. The third-order valence-electron chi connectivity index (χ3n) is 2.92. The summed E-state index contributed by atoms with van der Waals surface area (Å²) in [6, 6.07) is 8.71. The average molecular weight is 378 g/mol. The van der Waals surface area contributed by atoms with Crippen LogP contribution in [0, 0.1) is 0 Å². The van der Waals surface area contributed by atoms with E-state index in [9.17, 15) is 26.3 Å². The zero-order chi connectivity index (χ0) is 19.5. The highest BCUT2D eigenvalue weighted by Gasteiger charge is 2.50. The fraction of sp³-hybridized carbons (Fsp3) is 0.125. The van der Waals surface area contributed by atoms with Crippen molar-refractivity contribution in [2.75, 3.05) is 11.5 Å². The number of nitrogens with two attached hydrogens (primary N) is 2. The normalized spacial score (nSPS) is 13.2. The fourth-order valence-electron chi connectivity index (χ4n) is 1.77. The molecule has 0 amide bonds. The molecule has 0 aliphatic heterocycles. The van der Waals surface area contributed by atoms with Gasteiger partial charge in [-0.3, -0.25) is 0 Å². The van der Waals surface area contributed by atoms with Gasteiger partial charge in [-0.25, -0.2) is 0 Å². The average Bonchev–Trinajstić information content (AvgIpc) is 2.52. The van der Waals surface area contributed by atoms with Crippen LogP contribution in [-0.2, 0) is 0 Å². The van der Waals surface area contributed by atoms with Crippen LogP contribution < -0.4 is 20.9 Å². The Kier molecular flexibility index (Phi) is 5.24. The van der Waals surface area contributed by atoms with Gasteiger partial charge >= 0.3 is 12.4 Å². The first-order chi connectivity index (χ1) is 12.0. The Morgan fingerprint density at radius 2 is 0.846 bits per heavy atom. The first kappa shape index (κ1) is 19.3. The van der Waals surface area contributed by atoms with E-state index in [0.29, 0.717) is 0 Å². The topological polar surface area (TPSA) is 70.5 Å². The third kappa shape index (κ3) is 4.98. The highest BCUT2D eigenvalue weighted by atomic mass is 19.4. The minimum Gasteiger partial charge on any atom is -0.449 e. The van der Waals surface area contributed by atoms with E-state index in [1.165, 1.54) is 24.3 Å². The second kappa shape index (κ2) is 7.06. The van der Waals surface area contributed by atoms with E-state index in [4.69, 9.17) is 11.5 Å². The molecule has 0 aliphatic carbocycles. The number of hydrogen-bond acceptors (Lipinski definition) is 4. The van der Waals surface area contributed by atoms with E-state index < -0.39 is 35.4 Å². The van der Waals surface area contributed by atoms with Crippen LogP contribution in [0.1, 0.15) is 0 Å². The van der Waals surface area contributed by atoms with Crippen molar-refractivity contribution in [2.45, 2.75) is 12.4 Å². The van der Waals surface area contributed by atoms with E-state index in [1.54, 1.807) is 0 Å². The molecule has 0 unspecified atom stereocenters. The highest BCUT2D eigenvalue weighted by Crippen LogP contribution is 2.38. The monoisotopic (exact) mass is 378 g/mol. The van der Waals surface area contributed by atoms with Gasteiger partial charge in [0.15, 0.2) is 0 Å². The Hall–Kier alpha value is -3.04. The molecule has 4 nitrogen and oxygen atoms in total. The summed E-state index contributed by atoms with van der Waals surface area (Å²) in [6.45, 7) is 0. The minimum atomic E-state index is -5.47. The predicted octanol–water partition coefficient (Wildman–Crippen LogP) is 4.65. The Labute approximate surface area is 143 Å². The zero-order valence-corrected chi connectivity index (χ0v) is 12.9. The van der Waals surface area contributed by atoms with Gasteiger partial charge in [0, 0.05) is 11.4 Å². The Bertz CT molecular complexity index is 713. The molecular weight excluding hydrogens is 366 g/mol. The van der Waals surface area contributed by atoms with Crippen molar-refractivity contribution < 1.29 is 35.8 Å². The van der Waals surface area contributed by atoms with E-state index in [1.807, 2.05) is 0 Å². The van der Waals surface area contributed by atoms with E-state index in [0.717, 1.165) is 24.3 Å². The van der Waals surface area contributed by atoms with Crippen molar-refractivity contribution in [2.24, 2.45) is 0 Å². The van der Waals surface area contributed by atoms with Gasteiger partial charge in [0.05, 0.1) is 0 Å². The summed E-state index contributed by atoms with van der Waals surface area (Å²) in [7, 11) is 0. The molecule has 2 aromatic carbocycles. The lowest BCUT2D eigenvalue weighted by Gasteiger charge is -2.20. The van der Waals surface area contributed by atoms with Crippen LogP contribution in [0.15, 0.2) is 60.0 Å². The molecule has 0 aromatic heterocycles. The summed E-state index contributed by atoms with van der Waals surface area (Å²) in [5, 5.41) is 0. The van der Waals surface area contributed by atoms with Crippen molar-refractivity contribution in [3.8, 4) is 11.5 Å². The molecule has 0 saturated heterocycles. The van der Waals surface area contributed by atoms with Gasteiger partial charge in [0.1, 0.15) is 11.5 Å². The second-order valence-corrected chi connectivity index (χ2v) is 5.00. The van der Waals surface area contributed by atoms with Crippen LogP contribution in [0.25, 0.3) is 0 Å². The predicted molar refractivity (Wildman–Crippen MR) is 82.1 cm³/mol. The molecular formula is C16H12F6N2O2. The molecule has 0 spiro atoms. The van der Waals surface area contributed by atoms with Crippen molar-refractivity contribution in [3.63, 3.8) is 0 Å². The third-order valence-corrected chi connectivity index (χ3v) is 2.92. The van der Waals surface area contributed by atoms with E-state index >= 15 is 0 Å². The maximum absolute atomic E-state index is 13.2. The van der Waals surface area contributed by atoms with E-state index in [2.05, 4.69) is 9.47 Å². The van der Waals surface area contributed by atoms with Gasteiger partial charge in [-0.05, 0) is 48.5 Å². The quantitative estimate of drug-likeness (QED) is 0.462. The number of anilines is 2. The summed E-state index contributed by atoms with van der Waals surface area (Å²) in [4.78, 5) is 0. The molecule has 140 valence electrons. The van der Waals surface area contributed by atoms with Crippen LogP contribution in [0.3, 0.4) is 0 Å². The molecule has 10 heteroatoms. The number of hydrogen-bond donors (Lipinski definition) is 2. The molecule has 0 heterocycles. The molecule has 2 aromatic rings. The fourth-order valence-corrected chi connectivity index (χ4v) is 1.77. The van der Waals surface area contributed by atoms with Crippen molar-refractivity contribution in [3.05, 3.63) is 60.0 Å². The largest absolute Gasteiger partial charge is 0.453 e. The summed E-state index contributed by atoms with van der Waals surface area (Å²) >= 11 is 0. The molecule has 0 radical (unpaired) electrons. The number of allylic oxidation sites excluding steroid dienone is 2. The smallest absolute Gasteiger partial charge is 0.449 e. The Morgan fingerprint density at radius 1 is 0.577 bits per heavy atom. The van der Waals surface area contributed by atoms with Crippen LogP contribution in [0.2, 0.25) is 0 Å². The van der Waals surface area contributed by atoms with Gasteiger partial charge in [0.2, 0.25) is 0 Å². The second-order valence-electron chi connectivity index (χ2n) is 5.00. The van der Waals surface area contributed by atoms with Crippen LogP contribution >= 0.6 is 0 Å². The first-order valence-corrected chi connectivity index (χ1v) is 6.92. The molecule has 4 N–H and O–H groups in total. The number of ether oxygens (including phenoxy) is 2. The van der Waals surface area contributed by atoms with Crippen LogP contribution in [0.4, 0.5) is 37.7 Å². The minimum absolute atomic E-state index is 0.198. The maximum atomic E-state index is 13.2. The maximum Gasteiger partial charge on any atom is 0.453 e. The van der Waals surface area contributed by atoms with Gasteiger partial charge < -0.3 is 20.9 Å². The molecule has 0 bridgehead atoms.